The van der Waals surface area contributed by atoms with Gasteiger partial charge in [0.2, 0.25) is 11.8 Å². The van der Waals surface area contributed by atoms with Crippen LogP contribution in [0.25, 0.3) is 0 Å². The van der Waals surface area contributed by atoms with Crippen molar-refractivity contribution in [3.8, 4) is 0 Å². The van der Waals surface area contributed by atoms with Gasteiger partial charge in [0.1, 0.15) is 5.54 Å². The van der Waals surface area contributed by atoms with Gasteiger partial charge in [-0.3, -0.25) is 19.4 Å². The molecule has 0 spiro atoms. The second-order valence-corrected chi connectivity index (χ2v) is 10.4. The lowest BCUT2D eigenvalue weighted by Gasteiger charge is -2.52. The van der Waals surface area contributed by atoms with Gasteiger partial charge < -0.3 is 5.32 Å². The monoisotopic (exact) mass is 465 g/mol. The average molecular weight is 466 g/mol. The molecule has 1 aliphatic carbocycles. The number of amides is 2. The Labute approximate surface area is 201 Å². The van der Waals surface area contributed by atoms with E-state index >= 15 is 0 Å². The van der Waals surface area contributed by atoms with Crippen LogP contribution in [0.4, 0.5) is 5.69 Å². The molecule has 6 heteroatoms. The molecule has 2 fully saturated rings. The fourth-order valence-electron chi connectivity index (χ4n) is 5.79. The molecule has 1 N–H and O–H groups in total. The van der Waals surface area contributed by atoms with Crippen LogP contribution in [0.3, 0.4) is 0 Å². The molecule has 174 valence electrons. The van der Waals surface area contributed by atoms with Crippen molar-refractivity contribution in [2.45, 2.75) is 76.0 Å². The fourth-order valence-corrected chi connectivity index (χ4v) is 5.91. The van der Waals surface area contributed by atoms with Crippen molar-refractivity contribution in [2.75, 3.05) is 11.4 Å². The number of halogens is 1. The number of benzene rings is 2. The van der Waals surface area contributed by atoms with Gasteiger partial charge in [-0.05, 0) is 61.6 Å². The van der Waals surface area contributed by atoms with Crippen LogP contribution < -0.4 is 10.2 Å². The van der Waals surface area contributed by atoms with E-state index in [0.29, 0.717) is 24.5 Å². The molecule has 1 saturated carbocycles. The molecule has 5 nitrogen and oxygen atoms in total. The summed E-state index contributed by atoms with van der Waals surface area (Å²) in [7, 11) is 0. The molecular formula is C27H32ClN3O2. The summed E-state index contributed by atoms with van der Waals surface area (Å²) in [5.41, 5.74) is 2.18. The number of anilines is 1. The molecule has 2 heterocycles. The van der Waals surface area contributed by atoms with E-state index in [2.05, 4.69) is 22.3 Å². The van der Waals surface area contributed by atoms with E-state index in [4.69, 9.17) is 11.6 Å². The summed E-state index contributed by atoms with van der Waals surface area (Å²) in [4.78, 5) is 31.8. The molecule has 2 aromatic carbocycles. The van der Waals surface area contributed by atoms with Crippen molar-refractivity contribution in [1.29, 1.82) is 0 Å². The quantitative estimate of drug-likeness (QED) is 0.668. The molecule has 0 radical (unpaired) electrons. The van der Waals surface area contributed by atoms with Crippen LogP contribution in [-0.2, 0) is 22.6 Å². The van der Waals surface area contributed by atoms with Crippen molar-refractivity contribution >= 4 is 29.1 Å². The Balaban J connectivity index is 1.50. The van der Waals surface area contributed by atoms with Gasteiger partial charge in [-0.2, -0.15) is 0 Å². The van der Waals surface area contributed by atoms with Gasteiger partial charge >= 0.3 is 0 Å². The summed E-state index contributed by atoms with van der Waals surface area (Å²) in [6.07, 6.45) is 7.44. The van der Waals surface area contributed by atoms with Gasteiger partial charge in [0.05, 0.1) is 6.04 Å². The summed E-state index contributed by atoms with van der Waals surface area (Å²) in [6, 6.07) is 15.5. The molecule has 2 unspecified atom stereocenters. The highest BCUT2D eigenvalue weighted by atomic mass is 35.5. The largest absolute Gasteiger partial charge is 0.351 e. The zero-order valence-electron chi connectivity index (χ0n) is 19.2. The smallest absolute Gasteiger partial charge is 0.247 e. The van der Waals surface area contributed by atoms with Crippen molar-refractivity contribution < 1.29 is 9.59 Å². The van der Waals surface area contributed by atoms with Gasteiger partial charge in [0.15, 0.2) is 0 Å². The average Bonchev–Trinajstić information content (AvgIpc) is 3.08. The Morgan fingerprint density at radius 3 is 2.36 bits per heavy atom. The number of carbonyl (C=O) groups is 2. The highest BCUT2D eigenvalue weighted by molar-refractivity contribution is 6.30. The fraction of sp³-hybridized carbons (Fsp3) is 0.481. The number of fused-ring (bicyclic) bond motifs is 2. The topological polar surface area (TPSA) is 52.7 Å². The first-order chi connectivity index (χ1) is 16.0. The normalized spacial score (nSPS) is 26.3. The Bertz CT molecular complexity index is 1030. The first-order valence-corrected chi connectivity index (χ1v) is 12.5. The number of rotatable bonds is 3. The molecule has 3 aliphatic rings. The van der Waals surface area contributed by atoms with Crippen molar-refractivity contribution in [3.05, 3.63) is 64.7 Å². The lowest BCUT2D eigenvalue weighted by Crippen LogP contribution is -2.73. The number of piperazine rings is 1. The molecule has 0 aromatic heterocycles. The van der Waals surface area contributed by atoms with E-state index in [0.717, 1.165) is 31.4 Å². The van der Waals surface area contributed by atoms with Gasteiger partial charge in [0, 0.05) is 29.8 Å². The predicted molar refractivity (Wildman–Crippen MR) is 131 cm³/mol. The highest BCUT2D eigenvalue weighted by Gasteiger charge is 2.53. The first kappa shape index (κ1) is 22.4. The summed E-state index contributed by atoms with van der Waals surface area (Å²) < 4.78 is 0. The van der Waals surface area contributed by atoms with Crippen molar-refractivity contribution in [2.24, 2.45) is 0 Å². The molecule has 5 rings (SSSR count). The van der Waals surface area contributed by atoms with Crippen LogP contribution in [-0.4, -0.2) is 40.9 Å². The van der Waals surface area contributed by atoms with Crippen LogP contribution in [0.1, 0.15) is 56.6 Å². The lowest BCUT2D eigenvalue weighted by molar-refractivity contribution is -0.139. The predicted octanol–water partition coefficient (Wildman–Crippen LogP) is 4.71. The van der Waals surface area contributed by atoms with Gasteiger partial charge in [-0.1, -0.05) is 61.5 Å². The first-order valence-electron chi connectivity index (χ1n) is 12.2. The van der Waals surface area contributed by atoms with Gasteiger partial charge in [0.25, 0.3) is 0 Å². The Morgan fingerprint density at radius 1 is 1.00 bits per heavy atom. The molecule has 33 heavy (non-hydrogen) atoms. The summed E-state index contributed by atoms with van der Waals surface area (Å²) in [5, 5.41) is 3.94. The maximum atomic E-state index is 14.0. The van der Waals surface area contributed by atoms with E-state index in [-0.39, 0.29) is 23.9 Å². The van der Waals surface area contributed by atoms with Gasteiger partial charge in [-0.15, -0.1) is 0 Å². The van der Waals surface area contributed by atoms with Crippen LogP contribution in [0.5, 0.6) is 0 Å². The van der Waals surface area contributed by atoms with Crippen LogP contribution in [0.2, 0.25) is 5.02 Å². The second-order valence-electron chi connectivity index (χ2n) is 9.98. The number of nitrogens with zero attached hydrogens (tertiary/aromatic N) is 2. The number of carbonyl (C=O) groups excluding carboxylic acids is 2. The van der Waals surface area contributed by atoms with E-state index in [1.165, 1.54) is 24.0 Å². The maximum absolute atomic E-state index is 14.0. The van der Waals surface area contributed by atoms with E-state index in [1.54, 1.807) is 17.0 Å². The van der Waals surface area contributed by atoms with E-state index in [1.807, 2.05) is 31.2 Å². The standard InChI is InChI=1S/C27H32ClN3O2/c1-27(26(33)29-22-10-4-2-3-5-11-22)18-30-17-20-9-7-6-8-19(20)16-24(30)25(32)31(27)23-14-12-21(28)13-15-23/h6-9,12-15,22,24H,2-5,10-11,16-18H2,1H3,(H,29,33). The molecule has 2 aromatic rings. The lowest BCUT2D eigenvalue weighted by atomic mass is 9.84. The maximum Gasteiger partial charge on any atom is 0.247 e. The molecular weight excluding hydrogens is 434 g/mol. The number of hydrogen-bond acceptors (Lipinski definition) is 3. The summed E-state index contributed by atoms with van der Waals surface area (Å²) >= 11 is 6.14. The minimum atomic E-state index is -1.000. The molecule has 2 aliphatic heterocycles. The van der Waals surface area contributed by atoms with Crippen LogP contribution in [0.15, 0.2) is 48.5 Å². The SMILES string of the molecule is CC1(C(=O)NC2CCCCCC2)CN2Cc3ccccc3CC2C(=O)N1c1ccc(Cl)cc1. The van der Waals surface area contributed by atoms with Crippen LogP contribution in [0, 0.1) is 0 Å². The second kappa shape index (κ2) is 9.11. The minimum Gasteiger partial charge on any atom is -0.351 e. The highest BCUT2D eigenvalue weighted by Crippen LogP contribution is 2.37. The third-order valence-corrected chi connectivity index (χ3v) is 7.87. The Morgan fingerprint density at radius 2 is 1.67 bits per heavy atom. The zero-order chi connectivity index (χ0) is 23.0. The van der Waals surface area contributed by atoms with Crippen molar-refractivity contribution in [3.63, 3.8) is 0 Å². The molecule has 1 saturated heterocycles. The Hall–Kier alpha value is -2.37. The molecule has 2 amide bonds. The Kier molecular flexibility index (Phi) is 6.19. The number of nitrogens with one attached hydrogen (secondary N) is 1. The zero-order valence-corrected chi connectivity index (χ0v) is 20.0. The summed E-state index contributed by atoms with van der Waals surface area (Å²) in [6.45, 7) is 3.11. The third kappa shape index (κ3) is 4.29. The van der Waals surface area contributed by atoms with Crippen LogP contribution >= 0.6 is 11.6 Å². The van der Waals surface area contributed by atoms with E-state index < -0.39 is 5.54 Å². The third-order valence-electron chi connectivity index (χ3n) is 7.62. The molecule has 2 atom stereocenters. The molecule has 0 bridgehead atoms. The number of hydrogen-bond donors (Lipinski definition) is 1. The summed E-state index contributed by atoms with van der Waals surface area (Å²) in [5.74, 6) is -0.0772. The van der Waals surface area contributed by atoms with E-state index in [9.17, 15) is 9.59 Å². The van der Waals surface area contributed by atoms with Gasteiger partial charge in [-0.25, -0.2) is 0 Å². The minimum absolute atomic E-state index is 0.0170. The van der Waals surface area contributed by atoms with Crippen molar-refractivity contribution in [1.82, 2.24) is 10.2 Å².